The van der Waals surface area contributed by atoms with Crippen molar-refractivity contribution < 1.29 is 48.3 Å². The highest BCUT2D eigenvalue weighted by atomic mass is 79.9. The molecular formula is C34H56BrN6O10P. The van der Waals surface area contributed by atoms with Crippen LogP contribution in [0.5, 0.6) is 0 Å². The van der Waals surface area contributed by atoms with E-state index >= 15 is 0 Å². The van der Waals surface area contributed by atoms with Crippen LogP contribution in [0.2, 0.25) is 0 Å². The fraction of sp³-hybridized carbons (Fsp3) is 0.647. The summed E-state index contributed by atoms with van der Waals surface area (Å²) in [4.78, 5) is 79.7. The number of ketones is 1. The van der Waals surface area contributed by atoms with Crippen molar-refractivity contribution in [1.29, 1.82) is 0 Å². The molecule has 18 heteroatoms. The number of aliphatic hydroxyl groups excluding tert-OH is 1. The van der Waals surface area contributed by atoms with Gasteiger partial charge in [-0.15, -0.1) is 17.0 Å². The summed E-state index contributed by atoms with van der Waals surface area (Å²) in [6.07, 6.45) is 0.892. The van der Waals surface area contributed by atoms with Crippen LogP contribution < -0.4 is 32.7 Å². The molecule has 0 saturated heterocycles. The fourth-order valence-electron chi connectivity index (χ4n) is 6.14. The van der Waals surface area contributed by atoms with E-state index in [1.807, 2.05) is 0 Å². The number of carbonyl (C=O) groups is 6. The smallest absolute Gasteiger partial charge is 0.328 e. The summed E-state index contributed by atoms with van der Waals surface area (Å²) >= 11 is 0. The number of aliphatic hydroxyl groups is 2. The Kier molecular flexibility index (Phi) is 16.8. The van der Waals surface area contributed by atoms with Gasteiger partial charge in [0.1, 0.15) is 31.5 Å². The fourth-order valence-corrected chi connectivity index (χ4v) is 8.53. The van der Waals surface area contributed by atoms with Crippen LogP contribution in [0.25, 0.3) is 0 Å². The van der Waals surface area contributed by atoms with Gasteiger partial charge in [0.05, 0.1) is 18.9 Å². The molecule has 4 amide bonds. The van der Waals surface area contributed by atoms with E-state index in [1.165, 1.54) is 27.7 Å². The van der Waals surface area contributed by atoms with E-state index in [0.29, 0.717) is 18.4 Å². The van der Waals surface area contributed by atoms with E-state index in [4.69, 9.17) is 16.2 Å². The molecule has 7 atom stereocenters. The molecule has 52 heavy (non-hydrogen) atoms. The lowest BCUT2D eigenvalue weighted by atomic mass is 9.76. The van der Waals surface area contributed by atoms with Gasteiger partial charge in [-0.25, -0.2) is 4.79 Å². The van der Waals surface area contributed by atoms with Crippen molar-refractivity contribution in [3.05, 3.63) is 35.9 Å². The highest BCUT2D eigenvalue weighted by Crippen LogP contribution is 2.58. The van der Waals surface area contributed by atoms with Crippen molar-refractivity contribution in [2.24, 2.45) is 23.3 Å². The Morgan fingerprint density at radius 1 is 0.885 bits per heavy atom. The predicted octanol–water partition coefficient (Wildman–Crippen LogP) is 0.311. The summed E-state index contributed by atoms with van der Waals surface area (Å²) < 4.78 is 19.1. The topological polar surface area (TPSA) is 269 Å². The minimum absolute atomic E-state index is 0. The lowest BCUT2D eigenvalue weighted by Crippen LogP contribution is -2.69. The first-order chi connectivity index (χ1) is 23.6. The average molecular weight is 820 g/mol. The molecule has 0 bridgehead atoms. The number of hydrogen-bond acceptors (Lipinski definition) is 12. The van der Waals surface area contributed by atoms with Crippen LogP contribution >= 0.6 is 24.8 Å². The Morgan fingerprint density at radius 3 is 1.87 bits per heavy atom. The maximum Gasteiger partial charge on any atom is 0.328 e. The molecule has 0 heterocycles. The Morgan fingerprint density at radius 2 is 1.40 bits per heavy atom. The van der Waals surface area contributed by atoms with Gasteiger partial charge in [0.15, 0.2) is 16.8 Å². The molecule has 1 aromatic rings. The largest absolute Gasteiger partial charge is 0.467 e. The second-order valence-corrected chi connectivity index (χ2v) is 16.8. The van der Waals surface area contributed by atoms with Gasteiger partial charge in [0.25, 0.3) is 0 Å². The number of benzene rings is 1. The number of rotatable bonds is 17. The van der Waals surface area contributed by atoms with Gasteiger partial charge in [-0.3, -0.25) is 24.0 Å². The van der Waals surface area contributed by atoms with Crippen molar-refractivity contribution in [3.63, 3.8) is 0 Å². The molecule has 1 aliphatic rings. The molecule has 16 nitrogen and oxygen atoms in total. The Balaban J connectivity index is 0.0000135. The minimum Gasteiger partial charge on any atom is -0.467 e. The van der Waals surface area contributed by atoms with E-state index in [0.717, 1.165) is 14.0 Å². The quantitative estimate of drug-likeness (QED) is 0.0457. The number of carbonyl (C=O) groups excluding carboxylic acids is 6. The van der Waals surface area contributed by atoms with Crippen molar-refractivity contribution >= 4 is 60.2 Å². The number of nitrogens with two attached hydrogens (primary N) is 2. The number of nitrogens with one attached hydrogen (secondary N) is 4. The Bertz CT molecular complexity index is 1490. The summed E-state index contributed by atoms with van der Waals surface area (Å²) in [7, 11) is -2.43. The van der Waals surface area contributed by atoms with Crippen molar-refractivity contribution in [2.75, 3.05) is 13.7 Å². The van der Waals surface area contributed by atoms with Crippen molar-refractivity contribution in [2.45, 2.75) is 114 Å². The normalized spacial score (nSPS) is 19.6. The number of methoxy groups -OCH3 is 1. The standard InChI is InChI=1S/C34H55N6O10P.BrH/c1-19(2)24(27(44)50-8)39-30(47)34(36,20(3)4)28(45)32(16-12-13-17-32)51(49)31(7,48)40-26(43)22(6)37-25(42)21(5)38-29(46)33(35,18-41)23-14-10-9-11-15-23;/h9-11,14-15,19-22,24,41,48,51H,12-13,16-18,35-36H2,1-8H3,(H,37,42)(H,38,46)(H,39,47)(H,40,43);1H/t21-,22-,24-,31?,33+,34+;/m0./s1. The minimum atomic E-state index is -3.58. The van der Waals surface area contributed by atoms with Gasteiger partial charge < -0.3 is 52.2 Å². The first-order valence-electron chi connectivity index (χ1n) is 16.9. The Labute approximate surface area is 315 Å². The number of halogens is 1. The first-order valence-corrected chi connectivity index (χ1v) is 18.4. The number of ether oxygens (including phenoxy) is 1. The predicted molar refractivity (Wildman–Crippen MR) is 199 cm³/mol. The second kappa shape index (κ2) is 18.7. The molecule has 1 aromatic carbocycles. The van der Waals surface area contributed by atoms with Gasteiger partial charge in [-0.2, -0.15) is 0 Å². The third kappa shape index (κ3) is 9.85. The van der Waals surface area contributed by atoms with Crippen LogP contribution in [0.1, 0.15) is 79.7 Å². The van der Waals surface area contributed by atoms with Crippen LogP contribution in [-0.4, -0.2) is 93.6 Å². The molecule has 0 spiro atoms. The van der Waals surface area contributed by atoms with Gasteiger partial charge in [-0.05, 0) is 51.0 Å². The van der Waals surface area contributed by atoms with Crippen LogP contribution in [0.3, 0.4) is 0 Å². The number of amides is 4. The molecular weight excluding hydrogens is 763 g/mol. The Hall–Kier alpha value is -3.21. The molecule has 10 N–H and O–H groups in total. The van der Waals surface area contributed by atoms with Gasteiger partial charge in [0.2, 0.25) is 23.6 Å². The lowest BCUT2D eigenvalue weighted by molar-refractivity contribution is -0.149. The molecule has 2 rings (SSSR count). The van der Waals surface area contributed by atoms with Gasteiger partial charge in [0, 0.05) is 0 Å². The van der Waals surface area contributed by atoms with Crippen LogP contribution in [0.15, 0.2) is 30.3 Å². The van der Waals surface area contributed by atoms with E-state index in [-0.39, 0.29) is 29.8 Å². The molecule has 2 unspecified atom stereocenters. The summed E-state index contributed by atoms with van der Waals surface area (Å²) in [5.41, 5.74) is 6.47. The zero-order valence-electron chi connectivity index (χ0n) is 31.0. The van der Waals surface area contributed by atoms with E-state index in [9.17, 15) is 43.5 Å². The van der Waals surface area contributed by atoms with E-state index < -0.39 is 101 Å². The van der Waals surface area contributed by atoms with Crippen LogP contribution in [0, 0.1) is 11.8 Å². The summed E-state index contributed by atoms with van der Waals surface area (Å²) in [6.45, 7) is 9.34. The molecule has 294 valence electrons. The van der Waals surface area contributed by atoms with Crippen LogP contribution in [-0.2, 0) is 43.6 Å². The first kappa shape index (κ1) is 46.8. The average Bonchev–Trinajstić information content (AvgIpc) is 3.59. The number of Topliss-reactive ketones (excluding diaryl/α,β-unsaturated/α-hetero) is 1. The highest BCUT2D eigenvalue weighted by molar-refractivity contribution is 8.93. The maximum absolute atomic E-state index is 14.4. The molecule has 1 aliphatic carbocycles. The summed E-state index contributed by atoms with van der Waals surface area (Å²) in [5.74, 6) is -6.47. The molecule has 0 radical (unpaired) electrons. The second-order valence-electron chi connectivity index (χ2n) is 14.2. The molecule has 0 aromatic heterocycles. The summed E-state index contributed by atoms with van der Waals surface area (Å²) in [6, 6.07) is 4.39. The third-order valence-corrected chi connectivity index (χ3v) is 12.2. The lowest BCUT2D eigenvalue weighted by Gasteiger charge is -2.42. The van der Waals surface area contributed by atoms with E-state index in [2.05, 4.69) is 21.3 Å². The zero-order valence-corrected chi connectivity index (χ0v) is 33.7. The van der Waals surface area contributed by atoms with Crippen molar-refractivity contribution in [1.82, 2.24) is 21.3 Å². The number of hydrogen-bond donors (Lipinski definition) is 8. The van der Waals surface area contributed by atoms with Gasteiger partial charge >= 0.3 is 5.97 Å². The van der Waals surface area contributed by atoms with Crippen molar-refractivity contribution in [3.8, 4) is 0 Å². The van der Waals surface area contributed by atoms with Gasteiger partial charge in [-0.1, -0.05) is 70.9 Å². The monoisotopic (exact) mass is 818 g/mol. The molecule has 0 aliphatic heterocycles. The summed E-state index contributed by atoms with van der Waals surface area (Å²) in [5, 5.41) is 29.2. The molecule has 1 fully saturated rings. The number of esters is 1. The SMILES string of the molecule is Br.COC(=O)[C@@H](NC(=O)[C@](N)(C(=O)C1([PH](=O)C(C)(O)NC(=O)[C@H](C)NC(=O)[C@H](C)NC(=O)[C@@](N)(CO)c2ccccc2)CCCC1)C(C)C)C(C)C. The molecule has 1 saturated carbocycles. The zero-order chi connectivity index (χ0) is 39.1. The van der Waals surface area contributed by atoms with E-state index in [1.54, 1.807) is 44.2 Å². The third-order valence-electron chi connectivity index (χ3n) is 9.64. The van der Waals surface area contributed by atoms with Crippen LogP contribution in [0.4, 0.5) is 0 Å². The maximum atomic E-state index is 14.4. The highest BCUT2D eigenvalue weighted by Gasteiger charge is 2.61.